The Hall–Kier alpha value is -1.18. The predicted octanol–water partition coefficient (Wildman–Crippen LogP) is -1.29. The van der Waals surface area contributed by atoms with E-state index < -0.39 is 5.60 Å². The molecule has 7 heteroatoms. The van der Waals surface area contributed by atoms with Crippen LogP contribution in [0.3, 0.4) is 0 Å². The van der Waals surface area contributed by atoms with Crippen molar-refractivity contribution in [3.8, 4) is 0 Å². The van der Waals surface area contributed by atoms with Crippen molar-refractivity contribution in [2.75, 3.05) is 46.4 Å². The van der Waals surface area contributed by atoms with Gasteiger partial charge >= 0.3 is 0 Å². The van der Waals surface area contributed by atoms with Crippen LogP contribution >= 0.6 is 0 Å². The summed E-state index contributed by atoms with van der Waals surface area (Å²) in [4.78, 5) is 24.1. The van der Waals surface area contributed by atoms with Gasteiger partial charge in [-0.15, -0.1) is 0 Å². The molecule has 2 amide bonds. The van der Waals surface area contributed by atoms with E-state index in [1.165, 1.54) is 6.92 Å². The number of carbonyl (C=O) groups excluding carboxylic acids is 2. The molecule has 0 saturated carbocycles. The first-order valence-corrected chi connectivity index (χ1v) is 6.91. The zero-order chi connectivity index (χ0) is 15.0. The van der Waals surface area contributed by atoms with Gasteiger partial charge in [-0.2, -0.15) is 0 Å². The number of carbonyl (C=O) groups is 2. The van der Waals surface area contributed by atoms with Crippen LogP contribution in [0.4, 0.5) is 0 Å². The lowest BCUT2D eigenvalue weighted by atomic mass is 9.94. The minimum atomic E-state index is -0.760. The summed E-state index contributed by atoms with van der Waals surface area (Å²) in [6, 6.07) is 0. The van der Waals surface area contributed by atoms with Crippen LogP contribution in [-0.4, -0.2) is 73.9 Å². The molecule has 20 heavy (non-hydrogen) atoms. The maximum Gasteiger partial charge on any atom is 0.234 e. The number of amides is 2. The van der Waals surface area contributed by atoms with Crippen molar-refractivity contribution in [2.45, 2.75) is 25.4 Å². The summed E-state index contributed by atoms with van der Waals surface area (Å²) in [5.74, 6) is -0.230. The lowest BCUT2D eigenvalue weighted by molar-refractivity contribution is -0.124. The van der Waals surface area contributed by atoms with Gasteiger partial charge in [-0.25, -0.2) is 0 Å². The molecule has 3 N–H and O–H groups in total. The second-order valence-corrected chi connectivity index (χ2v) is 5.34. The Morgan fingerprint density at radius 2 is 1.85 bits per heavy atom. The van der Waals surface area contributed by atoms with Crippen molar-refractivity contribution in [3.63, 3.8) is 0 Å². The summed E-state index contributed by atoms with van der Waals surface area (Å²) in [5, 5.41) is 15.7. The van der Waals surface area contributed by atoms with Crippen LogP contribution in [0.2, 0.25) is 0 Å². The van der Waals surface area contributed by atoms with Crippen LogP contribution in [0.5, 0.6) is 0 Å². The summed E-state index contributed by atoms with van der Waals surface area (Å²) < 4.78 is 5.22. The van der Waals surface area contributed by atoms with Gasteiger partial charge in [0.05, 0.1) is 12.1 Å². The Kier molecular flexibility index (Phi) is 6.90. The Balaban J connectivity index is 2.18. The predicted molar refractivity (Wildman–Crippen MR) is 74.2 cm³/mol. The smallest absolute Gasteiger partial charge is 0.234 e. The van der Waals surface area contributed by atoms with Crippen molar-refractivity contribution in [2.24, 2.45) is 0 Å². The Morgan fingerprint density at radius 1 is 1.25 bits per heavy atom. The van der Waals surface area contributed by atoms with Crippen molar-refractivity contribution in [3.05, 3.63) is 0 Å². The van der Waals surface area contributed by atoms with Crippen LogP contribution in [-0.2, 0) is 14.3 Å². The first kappa shape index (κ1) is 16.9. The average molecular weight is 287 g/mol. The molecule has 1 aliphatic rings. The van der Waals surface area contributed by atoms with E-state index in [0.717, 1.165) is 0 Å². The molecule has 116 valence electrons. The molecule has 1 saturated heterocycles. The van der Waals surface area contributed by atoms with E-state index in [2.05, 4.69) is 10.6 Å². The van der Waals surface area contributed by atoms with Gasteiger partial charge < -0.3 is 20.5 Å². The molecule has 1 rings (SSSR count). The second kappa shape index (κ2) is 8.18. The molecule has 1 fully saturated rings. The molecule has 0 atom stereocenters. The molecule has 0 aromatic rings. The molecule has 0 aliphatic carbocycles. The standard InChI is InChI=1S/C13H25N3O4/c1-11(17)14-5-6-15-12(18)9-16(2)10-13(19)3-7-20-8-4-13/h19H,3-10H2,1-2H3,(H,14,17)(H,15,18). The zero-order valence-corrected chi connectivity index (χ0v) is 12.3. The average Bonchev–Trinajstić information content (AvgIpc) is 2.34. The maximum atomic E-state index is 11.7. The number of likely N-dealkylation sites (N-methyl/N-ethyl adjacent to an activating group) is 1. The number of nitrogens with zero attached hydrogens (tertiary/aromatic N) is 1. The van der Waals surface area contributed by atoms with Gasteiger partial charge in [-0.3, -0.25) is 14.5 Å². The molecule has 0 aromatic heterocycles. The van der Waals surface area contributed by atoms with E-state index in [1.807, 2.05) is 0 Å². The highest BCUT2D eigenvalue weighted by atomic mass is 16.5. The SMILES string of the molecule is CC(=O)NCCNC(=O)CN(C)CC1(O)CCOCC1. The summed E-state index contributed by atoms with van der Waals surface area (Å²) in [6.45, 7) is 4.07. The normalized spacial score (nSPS) is 17.8. The summed E-state index contributed by atoms with van der Waals surface area (Å²) in [6.07, 6.45) is 1.20. The monoisotopic (exact) mass is 287 g/mol. The first-order valence-electron chi connectivity index (χ1n) is 6.91. The fourth-order valence-electron chi connectivity index (χ4n) is 2.21. The molecular weight excluding hydrogens is 262 g/mol. The highest BCUT2D eigenvalue weighted by Gasteiger charge is 2.31. The molecule has 0 unspecified atom stereocenters. The van der Waals surface area contributed by atoms with Crippen LogP contribution in [0, 0.1) is 0 Å². The molecule has 7 nitrogen and oxygen atoms in total. The van der Waals surface area contributed by atoms with Gasteiger partial charge in [0.25, 0.3) is 0 Å². The highest BCUT2D eigenvalue weighted by Crippen LogP contribution is 2.20. The van der Waals surface area contributed by atoms with Gasteiger partial charge in [-0.05, 0) is 7.05 Å². The third-order valence-electron chi connectivity index (χ3n) is 3.22. The van der Waals surface area contributed by atoms with Crippen LogP contribution in [0.15, 0.2) is 0 Å². The molecule has 1 heterocycles. The topological polar surface area (TPSA) is 90.9 Å². The Bertz CT molecular complexity index is 330. The summed E-state index contributed by atoms with van der Waals surface area (Å²) >= 11 is 0. The fraction of sp³-hybridized carbons (Fsp3) is 0.846. The Morgan fingerprint density at radius 3 is 2.45 bits per heavy atom. The van der Waals surface area contributed by atoms with E-state index in [0.29, 0.717) is 45.7 Å². The number of ether oxygens (including phenoxy) is 1. The number of rotatable bonds is 7. The van der Waals surface area contributed by atoms with Crippen molar-refractivity contribution in [1.29, 1.82) is 0 Å². The van der Waals surface area contributed by atoms with Gasteiger partial charge in [0.2, 0.25) is 11.8 Å². The van der Waals surface area contributed by atoms with Crippen molar-refractivity contribution >= 4 is 11.8 Å². The van der Waals surface area contributed by atoms with E-state index in [9.17, 15) is 14.7 Å². The van der Waals surface area contributed by atoms with Gasteiger partial charge in [0.1, 0.15) is 0 Å². The third kappa shape index (κ3) is 6.83. The van der Waals surface area contributed by atoms with Gasteiger partial charge in [-0.1, -0.05) is 0 Å². The number of nitrogens with one attached hydrogen (secondary N) is 2. The molecule has 0 aromatic carbocycles. The Labute approximate surface area is 119 Å². The van der Waals surface area contributed by atoms with Gasteiger partial charge in [0, 0.05) is 52.6 Å². The quantitative estimate of drug-likeness (QED) is 0.507. The van der Waals surface area contributed by atoms with Crippen molar-refractivity contribution < 1.29 is 19.4 Å². The molecule has 0 radical (unpaired) electrons. The van der Waals surface area contributed by atoms with Crippen LogP contribution in [0.25, 0.3) is 0 Å². The first-order chi connectivity index (χ1) is 9.41. The number of hydrogen-bond donors (Lipinski definition) is 3. The number of aliphatic hydroxyl groups is 1. The molecule has 0 spiro atoms. The third-order valence-corrected chi connectivity index (χ3v) is 3.22. The highest BCUT2D eigenvalue weighted by molar-refractivity contribution is 5.78. The van der Waals surface area contributed by atoms with Gasteiger partial charge in [0.15, 0.2) is 0 Å². The lowest BCUT2D eigenvalue weighted by Crippen LogP contribution is -2.48. The van der Waals surface area contributed by atoms with E-state index in [-0.39, 0.29) is 18.4 Å². The molecule has 0 bridgehead atoms. The van der Waals surface area contributed by atoms with E-state index in [4.69, 9.17) is 4.74 Å². The van der Waals surface area contributed by atoms with Crippen LogP contribution in [0.1, 0.15) is 19.8 Å². The summed E-state index contributed by atoms with van der Waals surface area (Å²) in [7, 11) is 1.81. The van der Waals surface area contributed by atoms with Crippen molar-refractivity contribution in [1.82, 2.24) is 15.5 Å². The minimum absolute atomic E-state index is 0.113. The number of hydrogen-bond acceptors (Lipinski definition) is 5. The van der Waals surface area contributed by atoms with E-state index >= 15 is 0 Å². The molecular formula is C13H25N3O4. The molecule has 1 aliphatic heterocycles. The maximum absolute atomic E-state index is 11.7. The second-order valence-electron chi connectivity index (χ2n) is 5.34. The van der Waals surface area contributed by atoms with E-state index in [1.54, 1.807) is 11.9 Å². The lowest BCUT2D eigenvalue weighted by Gasteiger charge is -2.35. The zero-order valence-electron chi connectivity index (χ0n) is 12.3. The minimum Gasteiger partial charge on any atom is -0.388 e. The fourth-order valence-corrected chi connectivity index (χ4v) is 2.21. The summed E-state index contributed by atoms with van der Waals surface area (Å²) in [5.41, 5.74) is -0.760. The largest absolute Gasteiger partial charge is 0.388 e. The van der Waals surface area contributed by atoms with Crippen LogP contribution < -0.4 is 10.6 Å².